The molecule has 0 radical (unpaired) electrons. The molecule has 2 amide bonds. The van der Waals surface area contributed by atoms with Gasteiger partial charge in [0.25, 0.3) is 0 Å². The molecule has 1 heterocycles. The van der Waals surface area contributed by atoms with Crippen molar-refractivity contribution in [2.75, 3.05) is 0 Å². The maximum Gasteiger partial charge on any atom is 0.242 e. The second kappa shape index (κ2) is 6.54. The fraction of sp³-hybridized carbons (Fsp3) is 0.643. The highest BCUT2D eigenvalue weighted by atomic mass is 16.2. The Morgan fingerprint density at radius 1 is 1.50 bits per heavy atom. The lowest BCUT2D eigenvalue weighted by Crippen LogP contribution is -2.45. The Bertz CT molecular complexity index is 479. The molecule has 0 aliphatic heterocycles. The van der Waals surface area contributed by atoms with Gasteiger partial charge in [-0.3, -0.25) is 9.59 Å². The fourth-order valence-electron chi connectivity index (χ4n) is 2.25. The van der Waals surface area contributed by atoms with Gasteiger partial charge in [-0.05, 0) is 19.3 Å². The van der Waals surface area contributed by atoms with E-state index >= 15 is 0 Å². The molecule has 1 atom stereocenters. The van der Waals surface area contributed by atoms with Crippen LogP contribution in [0.4, 0.5) is 0 Å². The third-order valence-corrected chi connectivity index (χ3v) is 3.40. The molecule has 1 aliphatic rings. The van der Waals surface area contributed by atoms with E-state index in [0.717, 1.165) is 12.1 Å². The van der Waals surface area contributed by atoms with E-state index in [4.69, 9.17) is 0 Å². The van der Waals surface area contributed by atoms with Crippen LogP contribution in [0.1, 0.15) is 51.3 Å². The summed E-state index contributed by atoms with van der Waals surface area (Å²) in [6, 6.07) is 0.0981. The van der Waals surface area contributed by atoms with Gasteiger partial charge in [-0.1, -0.05) is 13.3 Å². The third-order valence-electron chi connectivity index (χ3n) is 3.40. The number of imidazole rings is 1. The minimum absolute atomic E-state index is 0.134. The summed E-state index contributed by atoms with van der Waals surface area (Å²) in [6.45, 7) is 3.87. The van der Waals surface area contributed by atoms with Gasteiger partial charge in [0.1, 0.15) is 6.04 Å². The van der Waals surface area contributed by atoms with Gasteiger partial charge >= 0.3 is 0 Å². The highest BCUT2D eigenvalue weighted by Gasteiger charge is 2.25. The molecule has 0 saturated heterocycles. The van der Waals surface area contributed by atoms with Crippen molar-refractivity contribution >= 4 is 11.8 Å². The smallest absolute Gasteiger partial charge is 0.242 e. The Morgan fingerprint density at radius 3 is 2.85 bits per heavy atom. The predicted molar refractivity (Wildman–Crippen MR) is 74.9 cm³/mol. The highest BCUT2D eigenvalue weighted by Crippen LogP contribution is 2.35. The van der Waals surface area contributed by atoms with Crippen molar-refractivity contribution in [1.82, 2.24) is 20.2 Å². The van der Waals surface area contributed by atoms with Gasteiger partial charge in [0.2, 0.25) is 11.8 Å². The van der Waals surface area contributed by atoms with Gasteiger partial charge in [-0.15, -0.1) is 0 Å². The van der Waals surface area contributed by atoms with Gasteiger partial charge < -0.3 is 15.2 Å². The highest BCUT2D eigenvalue weighted by molar-refractivity contribution is 5.86. The van der Waals surface area contributed by atoms with Gasteiger partial charge in [-0.25, -0.2) is 4.98 Å². The van der Waals surface area contributed by atoms with Crippen molar-refractivity contribution in [3.05, 3.63) is 18.2 Å². The second-order valence-corrected chi connectivity index (χ2v) is 5.28. The monoisotopic (exact) mass is 278 g/mol. The van der Waals surface area contributed by atoms with Crippen molar-refractivity contribution in [2.24, 2.45) is 0 Å². The van der Waals surface area contributed by atoms with E-state index in [1.165, 1.54) is 19.8 Å². The summed E-state index contributed by atoms with van der Waals surface area (Å²) < 4.78 is 2.12. The lowest BCUT2D eigenvalue weighted by Gasteiger charge is -2.17. The first-order chi connectivity index (χ1) is 9.61. The molecule has 6 nitrogen and oxygen atoms in total. The van der Waals surface area contributed by atoms with Crippen LogP contribution in [-0.2, 0) is 16.1 Å². The summed E-state index contributed by atoms with van der Waals surface area (Å²) in [7, 11) is 0. The lowest BCUT2D eigenvalue weighted by atomic mass is 10.1. The summed E-state index contributed by atoms with van der Waals surface area (Å²) in [5, 5.41) is 5.57. The van der Waals surface area contributed by atoms with Crippen LogP contribution in [0.15, 0.2) is 12.5 Å². The number of amides is 2. The van der Waals surface area contributed by atoms with E-state index in [-0.39, 0.29) is 11.8 Å². The van der Waals surface area contributed by atoms with Crippen molar-refractivity contribution in [3.63, 3.8) is 0 Å². The van der Waals surface area contributed by atoms with Crippen LogP contribution in [0, 0.1) is 0 Å². The Balaban J connectivity index is 1.89. The molecule has 0 aromatic carbocycles. The third kappa shape index (κ3) is 3.82. The topological polar surface area (TPSA) is 76.0 Å². The van der Waals surface area contributed by atoms with Crippen LogP contribution in [0.2, 0.25) is 0 Å². The quantitative estimate of drug-likeness (QED) is 0.785. The maximum absolute atomic E-state index is 12.1. The molecule has 2 rings (SSSR count). The first-order valence-electron chi connectivity index (χ1n) is 7.17. The lowest BCUT2D eigenvalue weighted by molar-refractivity contribution is -0.128. The largest absolute Gasteiger partial charge is 0.349 e. The Morgan fingerprint density at radius 2 is 2.25 bits per heavy atom. The summed E-state index contributed by atoms with van der Waals surface area (Å²) in [6.07, 6.45) is 7.46. The van der Waals surface area contributed by atoms with Crippen molar-refractivity contribution in [1.29, 1.82) is 0 Å². The summed E-state index contributed by atoms with van der Waals surface area (Å²) >= 11 is 0. The Kier molecular flexibility index (Phi) is 4.76. The first-order valence-corrected chi connectivity index (χ1v) is 7.17. The maximum atomic E-state index is 12.1. The zero-order valence-corrected chi connectivity index (χ0v) is 12.1. The van der Waals surface area contributed by atoms with Gasteiger partial charge in [0.15, 0.2) is 0 Å². The van der Waals surface area contributed by atoms with Crippen LogP contribution < -0.4 is 10.6 Å². The molecule has 1 fully saturated rings. The number of rotatable bonds is 7. The van der Waals surface area contributed by atoms with E-state index in [0.29, 0.717) is 19.0 Å². The molecular formula is C14H22N4O2. The van der Waals surface area contributed by atoms with Gasteiger partial charge in [-0.2, -0.15) is 0 Å². The van der Waals surface area contributed by atoms with E-state index in [1.54, 1.807) is 6.20 Å². The number of hydrogen-bond donors (Lipinski definition) is 2. The van der Waals surface area contributed by atoms with Gasteiger partial charge in [0, 0.05) is 19.2 Å². The number of hydrogen-bond acceptors (Lipinski definition) is 3. The Labute approximate surface area is 119 Å². The molecule has 20 heavy (non-hydrogen) atoms. The molecule has 110 valence electrons. The molecule has 1 aliphatic carbocycles. The zero-order chi connectivity index (χ0) is 14.5. The van der Waals surface area contributed by atoms with Crippen LogP contribution in [-0.4, -0.2) is 27.4 Å². The number of nitrogens with one attached hydrogen (secondary N) is 2. The predicted octanol–water partition coefficient (Wildman–Crippen LogP) is 1.14. The molecule has 2 N–H and O–H groups in total. The minimum atomic E-state index is -0.449. The number of carbonyl (C=O) groups is 2. The number of nitrogens with zero attached hydrogens (tertiary/aromatic N) is 2. The van der Waals surface area contributed by atoms with Crippen LogP contribution in [0.3, 0.4) is 0 Å². The van der Waals surface area contributed by atoms with E-state index in [1.807, 2.05) is 13.3 Å². The minimum Gasteiger partial charge on any atom is -0.349 e. The first kappa shape index (κ1) is 14.6. The standard InChI is InChI=1S/C14H22N4O2/c1-3-4-13(17-10(2)19)14(20)16-8-12-7-15-9-18(12)11-5-6-11/h7,9,11,13H,3-6,8H2,1-2H3,(H,16,20)(H,17,19). The number of aromatic nitrogens is 2. The van der Waals surface area contributed by atoms with Crippen molar-refractivity contribution in [2.45, 2.75) is 58.2 Å². The molecule has 1 unspecified atom stereocenters. The fourth-order valence-corrected chi connectivity index (χ4v) is 2.25. The van der Waals surface area contributed by atoms with Crippen LogP contribution in [0.25, 0.3) is 0 Å². The summed E-state index contributed by atoms with van der Waals surface area (Å²) in [5.41, 5.74) is 1.01. The van der Waals surface area contributed by atoms with E-state index < -0.39 is 6.04 Å². The SMILES string of the molecule is CCCC(NC(C)=O)C(=O)NCc1cncn1C1CC1. The molecule has 1 aromatic heterocycles. The molecular weight excluding hydrogens is 256 g/mol. The number of carbonyl (C=O) groups excluding carboxylic acids is 2. The Hall–Kier alpha value is -1.85. The normalized spacial score (nSPS) is 15.7. The van der Waals surface area contributed by atoms with Crippen LogP contribution >= 0.6 is 0 Å². The molecule has 1 aromatic rings. The van der Waals surface area contributed by atoms with Crippen LogP contribution in [0.5, 0.6) is 0 Å². The molecule has 1 saturated carbocycles. The molecule has 6 heteroatoms. The second-order valence-electron chi connectivity index (χ2n) is 5.28. The van der Waals surface area contributed by atoms with Crippen molar-refractivity contribution < 1.29 is 9.59 Å². The summed E-state index contributed by atoms with van der Waals surface area (Å²) in [4.78, 5) is 27.4. The average molecular weight is 278 g/mol. The molecule has 0 bridgehead atoms. The van der Waals surface area contributed by atoms with Crippen molar-refractivity contribution in [3.8, 4) is 0 Å². The average Bonchev–Trinajstić information content (AvgIpc) is 3.14. The molecule has 0 spiro atoms. The van der Waals surface area contributed by atoms with E-state index in [9.17, 15) is 9.59 Å². The van der Waals surface area contributed by atoms with Gasteiger partial charge in [0.05, 0.1) is 18.6 Å². The summed E-state index contributed by atoms with van der Waals surface area (Å²) in [5.74, 6) is -0.313. The van der Waals surface area contributed by atoms with E-state index in [2.05, 4.69) is 20.2 Å². The zero-order valence-electron chi connectivity index (χ0n) is 12.1.